The molecule has 2 heterocycles. The molecular formula is C62H46N4. The summed E-state index contributed by atoms with van der Waals surface area (Å²) in [5.41, 5.74) is 18.2. The van der Waals surface area contributed by atoms with Gasteiger partial charge >= 0.3 is 0 Å². The van der Waals surface area contributed by atoms with Crippen LogP contribution in [0.2, 0.25) is 0 Å². The Morgan fingerprint density at radius 3 is 0.864 bits per heavy atom. The van der Waals surface area contributed by atoms with E-state index in [2.05, 4.69) is 276 Å². The maximum atomic E-state index is 2.39. The molecule has 12 aromatic rings. The summed E-state index contributed by atoms with van der Waals surface area (Å²) in [5, 5.41) is 5.00. The van der Waals surface area contributed by atoms with Crippen molar-refractivity contribution in [2.45, 2.75) is 0 Å². The van der Waals surface area contributed by atoms with E-state index in [1.54, 1.807) is 0 Å². The highest BCUT2D eigenvalue weighted by Crippen LogP contribution is 2.45. The SMILES string of the molecule is Cn1c2ccccc2c2cc(-c3cc(-c4cc(-c5ccc6c(c5)c5ccccc5n6C)cc(N(c5ccccc5)c5ccccc5)c4)cc(N(c4ccccc4)c4ccccc4)c3)ccc21. The van der Waals surface area contributed by atoms with E-state index in [1.807, 2.05) is 0 Å². The smallest absolute Gasteiger partial charge is 0.0489 e. The molecular weight excluding hydrogens is 801 g/mol. The van der Waals surface area contributed by atoms with Crippen LogP contribution in [0.1, 0.15) is 0 Å². The second-order valence-corrected chi connectivity index (χ2v) is 17.2. The molecule has 0 bridgehead atoms. The molecule has 0 saturated heterocycles. The van der Waals surface area contributed by atoms with Crippen molar-refractivity contribution in [1.82, 2.24) is 9.13 Å². The fourth-order valence-electron chi connectivity index (χ4n) is 10.0. The number of benzene rings is 10. The average molecular weight is 847 g/mol. The summed E-state index contributed by atoms with van der Waals surface area (Å²) in [7, 11) is 4.33. The van der Waals surface area contributed by atoms with E-state index in [0.717, 1.165) is 67.5 Å². The number of fused-ring (bicyclic) bond motifs is 6. The molecule has 0 amide bonds. The summed E-state index contributed by atoms with van der Waals surface area (Å²) < 4.78 is 4.60. The van der Waals surface area contributed by atoms with Gasteiger partial charge < -0.3 is 18.9 Å². The van der Waals surface area contributed by atoms with Gasteiger partial charge in [0.15, 0.2) is 0 Å². The monoisotopic (exact) mass is 846 g/mol. The zero-order valence-corrected chi connectivity index (χ0v) is 36.9. The molecule has 0 radical (unpaired) electrons. The third-order valence-corrected chi connectivity index (χ3v) is 13.2. The van der Waals surface area contributed by atoms with E-state index >= 15 is 0 Å². The van der Waals surface area contributed by atoms with E-state index in [4.69, 9.17) is 0 Å². The largest absolute Gasteiger partial charge is 0.344 e. The Hall–Kier alpha value is -8.60. The zero-order chi connectivity index (χ0) is 44.1. The molecule has 0 aliphatic heterocycles. The van der Waals surface area contributed by atoms with Gasteiger partial charge in [-0.1, -0.05) is 121 Å². The Kier molecular flexibility index (Phi) is 9.57. The molecule has 314 valence electrons. The van der Waals surface area contributed by atoms with E-state index in [-0.39, 0.29) is 0 Å². The molecule has 0 N–H and O–H groups in total. The summed E-state index contributed by atoms with van der Waals surface area (Å²) >= 11 is 0. The lowest BCUT2D eigenvalue weighted by Gasteiger charge is -2.28. The first kappa shape index (κ1) is 39.0. The maximum absolute atomic E-state index is 2.39. The van der Waals surface area contributed by atoms with Crippen molar-refractivity contribution in [3.05, 3.63) is 243 Å². The molecule has 0 unspecified atom stereocenters. The van der Waals surface area contributed by atoms with Crippen LogP contribution in [0.3, 0.4) is 0 Å². The second kappa shape index (κ2) is 16.2. The number of aryl methyl sites for hydroxylation is 2. The topological polar surface area (TPSA) is 16.3 Å². The predicted octanol–water partition coefficient (Wildman–Crippen LogP) is 16.9. The molecule has 0 aliphatic rings. The first-order valence-electron chi connectivity index (χ1n) is 22.6. The van der Waals surface area contributed by atoms with Gasteiger partial charge in [-0.25, -0.2) is 0 Å². The highest BCUT2D eigenvalue weighted by atomic mass is 15.1. The first-order valence-corrected chi connectivity index (χ1v) is 22.6. The number of hydrogen-bond acceptors (Lipinski definition) is 2. The van der Waals surface area contributed by atoms with Crippen molar-refractivity contribution in [2.24, 2.45) is 14.1 Å². The molecule has 0 aliphatic carbocycles. The van der Waals surface area contributed by atoms with Gasteiger partial charge in [-0.05, 0) is 155 Å². The van der Waals surface area contributed by atoms with Gasteiger partial charge in [-0.15, -0.1) is 0 Å². The fourth-order valence-corrected chi connectivity index (χ4v) is 10.0. The van der Waals surface area contributed by atoms with Crippen LogP contribution >= 0.6 is 0 Å². The summed E-state index contributed by atoms with van der Waals surface area (Å²) in [4.78, 5) is 4.76. The van der Waals surface area contributed by atoms with Crippen molar-refractivity contribution >= 4 is 77.7 Å². The highest BCUT2D eigenvalue weighted by molar-refractivity contribution is 6.10. The molecule has 4 heteroatoms. The molecule has 0 saturated carbocycles. The normalized spacial score (nSPS) is 11.5. The van der Waals surface area contributed by atoms with Gasteiger partial charge in [0.05, 0.1) is 0 Å². The number of anilines is 6. The van der Waals surface area contributed by atoms with Crippen LogP contribution in [-0.4, -0.2) is 9.13 Å². The summed E-state index contributed by atoms with van der Waals surface area (Å²) in [5.74, 6) is 0. The lowest BCUT2D eigenvalue weighted by atomic mass is 9.93. The number of para-hydroxylation sites is 6. The minimum atomic E-state index is 1.07. The van der Waals surface area contributed by atoms with Crippen LogP contribution in [0.5, 0.6) is 0 Å². The van der Waals surface area contributed by atoms with Crippen molar-refractivity contribution in [2.75, 3.05) is 9.80 Å². The predicted molar refractivity (Wildman–Crippen MR) is 280 cm³/mol. The molecule has 12 rings (SSSR count). The van der Waals surface area contributed by atoms with Crippen LogP contribution in [0.4, 0.5) is 34.1 Å². The van der Waals surface area contributed by atoms with Crippen LogP contribution in [0, 0.1) is 0 Å². The minimum Gasteiger partial charge on any atom is -0.344 e. The average Bonchev–Trinajstić information content (AvgIpc) is 3.84. The van der Waals surface area contributed by atoms with Gasteiger partial charge in [0.1, 0.15) is 0 Å². The maximum Gasteiger partial charge on any atom is 0.0489 e. The molecule has 10 aromatic carbocycles. The lowest BCUT2D eigenvalue weighted by Crippen LogP contribution is -2.11. The van der Waals surface area contributed by atoms with Gasteiger partial charge in [0.25, 0.3) is 0 Å². The van der Waals surface area contributed by atoms with Crippen molar-refractivity contribution in [3.8, 4) is 33.4 Å². The van der Waals surface area contributed by atoms with Gasteiger partial charge in [-0.3, -0.25) is 0 Å². The Morgan fingerprint density at radius 2 is 0.515 bits per heavy atom. The van der Waals surface area contributed by atoms with Crippen LogP contribution in [0.15, 0.2) is 243 Å². The summed E-state index contributed by atoms with van der Waals surface area (Å²) in [6.45, 7) is 0. The second-order valence-electron chi connectivity index (χ2n) is 17.2. The zero-order valence-electron chi connectivity index (χ0n) is 36.9. The van der Waals surface area contributed by atoms with Crippen molar-refractivity contribution < 1.29 is 0 Å². The van der Waals surface area contributed by atoms with E-state index < -0.39 is 0 Å². The van der Waals surface area contributed by atoms with Crippen molar-refractivity contribution in [1.29, 1.82) is 0 Å². The summed E-state index contributed by atoms with van der Waals surface area (Å²) in [6, 6.07) is 88.4. The number of nitrogens with zero attached hydrogens (tertiary/aromatic N) is 4. The van der Waals surface area contributed by atoms with Crippen LogP contribution in [-0.2, 0) is 14.1 Å². The van der Waals surface area contributed by atoms with E-state index in [0.29, 0.717) is 0 Å². The van der Waals surface area contributed by atoms with Crippen LogP contribution < -0.4 is 9.80 Å². The summed E-state index contributed by atoms with van der Waals surface area (Å²) in [6.07, 6.45) is 0. The number of rotatable bonds is 9. The quantitative estimate of drug-likeness (QED) is 0.144. The Morgan fingerprint density at radius 1 is 0.227 bits per heavy atom. The molecule has 0 fully saturated rings. The minimum absolute atomic E-state index is 1.07. The van der Waals surface area contributed by atoms with E-state index in [9.17, 15) is 0 Å². The highest BCUT2D eigenvalue weighted by Gasteiger charge is 2.20. The third-order valence-electron chi connectivity index (χ3n) is 13.2. The number of aromatic nitrogens is 2. The Labute approximate surface area is 385 Å². The van der Waals surface area contributed by atoms with Crippen LogP contribution in [0.25, 0.3) is 77.0 Å². The lowest BCUT2D eigenvalue weighted by molar-refractivity contribution is 1.01. The Bertz CT molecular complexity index is 3390. The molecule has 2 aromatic heterocycles. The van der Waals surface area contributed by atoms with Gasteiger partial charge in [0, 0.05) is 91.8 Å². The molecule has 0 atom stereocenters. The molecule has 66 heavy (non-hydrogen) atoms. The Balaban J connectivity index is 1.13. The number of hydrogen-bond donors (Lipinski definition) is 0. The first-order chi connectivity index (χ1) is 32.6. The molecule has 4 nitrogen and oxygen atoms in total. The van der Waals surface area contributed by atoms with Gasteiger partial charge in [0.2, 0.25) is 0 Å². The molecule has 0 spiro atoms. The standard InChI is InChI=1S/C62H46N4/c1-63-59-29-17-15-27-55(59)57-41-43(31-33-61(57)63)45-35-47(39-53(37-45)65(49-19-7-3-8-20-49)50-21-9-4-10-22-50)48-36-46(44-32-34-62-58(42-44)56-28-16-18-30-60(56)64(62)2)38-54(40-48)66(51-23-11-5-12-24-51)52-25-13-6-14-26-52/h3-42H,1-2H3. The van der Waals surface area contributed by atoms with Gasteiger partial charge in [-0.2, -0.15) is 0 Å². The van der Waals surface area contributed by atoms with E-state index in [1.165, 1.54) is 43.6 Å². The van der Waals surface area contributed by atoms with Crippen molar-refractivity contribution in [3.63, 3.8) is 0 Å². The third kappa shape index (κ3) is 6.79. The fraction of sp³-hybridized carbons (Fsp3) is 0.0323.